The molecule has 0 aliphatic heterocycles. The third kappa shape index (κ3) is 6.49. The van der Waals surface area contributed by atoms with Crippen LogP contribution in [-0.4, -0.2) is 27.3 Å². The summed E-state index contributed by atoms with van der Waals surface area (Å²) in [5, 5.41) is 2.91. The molecule has 2 heterocycles. The molecule has 1 amide bonds. The lowest BCUT2D eigenvalue weighted by Crippen LogP contribution is -2.41. The van der Waals surface area contributed by atoms with Gasteiger partial charge in [0.1, 0.15) is 11.2 Å². The summed E-state index contributed by atoms with van der Waals surface area (Å²) >= 11 is 1.20. The first-order valence-electron chi connectivity index (χ1n) is 9.79. The summed E-state index contributed by atoms with van der Waals surface area (Å²) < 4.78 is 2.28. The van der Waals surface area contributed by atoms with Gasteiger partial charge in [0.05, 0.1) is 10.2 Å². The van der Waals surface area contributed by atoms with Crippen LogP contribution in [0, 0.1) is 5.41 Å². The maximum Gasteiger partial charge on any atom is 0.269 e. The highest BCUT2D eigenvalue weighted by Gasteiger charge is 2.20. The van der Waals surface area contributed by atoms with E-state index in [4.69, 9.17) is 0 Å². The zero-order valence-corrected chi connectivity index (χ0v) is 18.5. The van der Waals surface area contributed by atoms with Crippen molar-refractivity contribution in [3.63, 3.8) is 0 Å². The van der Waals surface area contributed by atoms with Gasteiger partial charge in [0.25, 0.3) is 5.56 Å². The van der Waals surface area contributed by atoms with E-state index >= 15 is 0 Å². The average molecular weight is 416 g/mol. The van der Waals surface area contributed by atoms with Crippen LogP contribution >= 0.6 is 11.3 Å². The van der Waals surface area contributed by atoms with Crippen LogP contribution in [0.3, 0.4) is 0 Å². The molecule has 2 aromatic heterocycles. The Morgan fingerprint density at radius 3 is 2.62 bits per heavy atom. The predicted octanol–water partition coefficient (Wildman–Crippen LogP) is 1.83. The van der Waals surface area contributed by atoms with Gasteiger partial charge in [-0.05, 0) is 31.6 Å². The van der Waals surface area contributed by atoms with Crippen LogP contribution in [0.1, 0.15) is 53.2 Å². The number of aromatic nitrogens is 2. The van der Waals surface area contributed by atoms with Crippen molar-refractivity contribution in [2.24, 2.45) is 5.41 Å². The Labute approximate surface area is 175 Å². The first-order valence-corrected chi connectivity index (χ1v) is 10.6. The van der Waals surface area contributed by atoms with Gasteiger partial charge < -0.3 is 5.32 Å². The van der Waals surface area contributed by atoms with Crippen LogP contribution in [0.25, 0.3) is 12.2 Å². The van der Waals surface area contributed by atoms with Gasteiger partial charge in [0.15, 0.2) is 5.78 Å². The van der Waals surface area contributed by atoms with Crippen molar-refractivity contribution < 1.29 is 9.59 Å². The van der Waals surface area contributed by atoms with Crippen molar-refractivity contribution >= 4 is 35.2 Å². The summed E-state index contributed by atoms with van der Waals surface area (Å²) in [4.78, 5) is 42.2. The van der Waals surface area contributed by atoms with Crippen LogP contribution in [0.2, 0.25) is 0 Å². The third-order valence-corrected chi connectivity index (χ3v) is 5.39. The minimum absolute atomic E-state index is 0.0324. The van der Waals surface area contributed by atoms with Gasteiger partial charge in [0, 0.05) is 23.7 Å². The second-order valence-corrected chi connectivity index (χ2v) is 9.17. The molecule has 0 aliphatic carbocycles. The number of nitrogens with one attached hydrogen (secondary N) is 1. The highest BCUT2D eigenvalue weighted by atomic mass is 32.1. The Kier molecular flexibility index (Phi) is 7.67. The lowest BCUT2D eigenvalue weighted by atomic mass is 9.91. The number of Topliss-reactive ketones (excluding diaryl/α,β-unsaturated/α-hetero) is 1. The monoisotopic (exact) mass is 415 g/mol. The molecule has 1 N–H and O–H groups in total. The molecule has 1 atom stereocenters. The Morgan fingerprint density at radius 1 is 1.31 bits per heavy atom. The molecule has 0 saturated carbocycles. The number of pyridine rings is 1. The molecule has 29 heavy (non-hydrogen) atoms. The first kappa shape index (κ1) is 22.7. The van der Waals surface area contributed by atoms with E-state index in [0.29, 0.717) is 14.9 Å². The molecule has 2 aromatic rings. The lowest BCUT2D eigenvalue weighted by molar-refractivity contribution is -0.122. The second kappa shape index (κ2) is 9.78. The molecule has 0 bridgehead atoms. The number of nitrogens with zero attached hydrogens (tertiary/aromatic N) is 2. The largest absolute Gasteiger partial charge is 0.352 e. The molecule has 2 rings (SSSR count). The summed E-state index contributed by atoms with van der Waals surface area (Å²) in [6, 6.07) is 5.47. The van der Waals surface area contributed by atoms with Crippen molar-refractivity contribution in [1.82, 2.24) is 14.9 Å². The molecular formula is C22H29N3O3S. The van der Waals surface area contributed by atoms with Gasteiger partial charge in [-0.15, -0.1) is 11.3 Å². The standard InChI is InChI=1S/C22H29N3O3S/c1-6-9-15(2)24-19(27)14-25-20(13-18(26)22(3,4)5)29-17(21(25)28)12-16-10-7-8-11-23-16/h7-8,10-13,15H,6,9,14H2,1-5H3,(H,24,27)/b17-12+,20-13-/t15-/m0/s1. The average Bonchev–Trinajstić information content (AvgIpc) is 2.90. The van der Waals surface area contributed by atoms with Gasteiger partial charge in [0.2, 0.25) is 5.91 Å². The summed E-state index contributed by atoms with van der Waals surface area (Å²) in [6.07, 6.45) is 6.62. The van der Waals surface area contributed by atoms with Crippen LogP contribution in [0.4, 0.5) is 0 Å². The minimum atomic E-state index is -0.576. The highest BCUT2D eigenvalue weighted by molar-refractivity contribution is 7.07. The topological polar surface area (TPSA) is 81.1 Å². The van der Waals surface area contributed by atoms with Crippen LogP contribution < -0.4 is 20.1 Å². The Morgan fingerprint density at radius 2 is 2.03 bits per heavy atom. The molecule has 0 radical (unpaired) electrons. The van der Waals surface area contributed by atoms with E-state index in [1.54, 1.807) is 24.4 Å². The first-order chi connectivity index (χ1) is 13.6. The van der Waals surface area contributed by atoms with Gasteiger partial charge in [-0.2, -0.15) is 0 Å². The quantitative estimate of drug-likeness (QED) is 0.748. The normalized spacial score (nSPS) is 14.1. The molecule has 7 heteroatoms. The lowest BCUT2D eigenvalue weighted by Gasteiger charge is -2.14. The van der Waals surface area contributed by atoms with Crippen molar-refractivity contribution in [3.8, 4) is 0 Å². The van der Waals surface area contributed by atoms with Gasteiger partial charge in [-0.1, -0.05) is 40.2 Å². The fourth-order valence-electron chi connectivity index (χ4n) is 2.69. The number of amides is 1. The van der Waals surface area contributed by atoms with Crippen molar-refractivity contribution in [2.75, 3.05) is 0 Å². The van der Waals surface area contributed by atoms with Gasteiger partial charge in [-0.3, -0.25) is 23.9 Å². The molecule has 0 saturated heterocycles. The Hall–Kier alpha value is -2.54. The Bertz CT molecular complexity index is 1030. The van der Waals surface area contributed by atoms with E-state index in [9.17, 15) is 14.4 Å². The van der Waals surface area contributed by atoms with Crippen LogP contribution in [-0.2, 0) is 16.1 Å². The fraction of sp³-hybridized carbons (Fsp3) is 0.455. The fourth-order valence-corrected chi connectivity index (χ4v) is 3.71. The van der Waals surface area contributed by atoms with Crippen LogP contribution in [0.5, 0.6) is 0 Å². The number of carbonyl (C=O) groups is 2. The maximum absolute atomic E-state index is 13.0. The molecule has 156 valence electrons. The minimum Gasteiger partial charge on any atom is -0.352 e. The zero-order valence-electron chi connectivity index (χ0n) is 17.7. The van der Waals surface area contributed by atoms with Gasteiger partial charge >= 0.3 is 0 Å². The van der Waals surface area contributed by atoms with Crippen LogP contribution in [0.15, 0.2) is 29.2 Å². The van der Waals surface area contributed by atoms with E-state index < -0.39 is 5.41 Å². The smallest absolute Gasteiger partial charge is 0.269 e. The van der Waals surface area contributed by atoms with E-state index in [-0.39, 0.29) is 29.8 Å². The molecule has 0 fully saturated rings. The zero-order chi connectivity index (χ0) is 21.6. The second-order valence-electron chi connectivity index (χ2n) is 8.11. The molecule has 0 aliphatic rings. The SMILES string of the molecule is CCC[C@H](C)NC(=O)Cn1c(=O)/c(=C\c2ccccn2)s/c1=C\C(=O)C(C)(C)C. The summed E-state index contributed by atoms with van der Waals surface area (Å²) in [6.45, 7) is 9.33. The molecule has 0 aromatic carbocycles. The number of thiazole rings is 1. The van der Waals surface area contributed by atoms with E-state index in [1.807, 2.05) is 33.8 Å². The van der Waals surface area contributed by atoms with E-state index in [1.165, 1.54) is 22.0 Å². The molecule has 6 nitrogen and oxygen atoms in total. The number of hydrogen-bond donors (Lipinski definition) is 1. The number of ketones is 1. The summed E-state index contributed by atoms with van der Waals surface area (Å²) in [5.74, 6) is -0.343. The third-order valence-electron chi connectivity index (χ3n) is 4.33. The Balaban J connectivity index is 2.51. The number of rotatable bonds is 7. The molecule has 0 spiro atoms. The van der Waals surface area contributed by atoms with Crippen molar-refractivity contribution in [3.05, 3.63) is 49.6 Å². The summed E-state index contributed by atoms with van der Waals surface area (Å²) in [7, 11) is 0. The molecular weight excluding hydrogens is 386 g/mol. The van der Waals surface area contributed by atoms with Gasteiger partial charge in [-0.25, -0.2) is 0 Å². The highest BCUT2D eigenvalue weighted by Crippen LogP contribution is 2.14. The predicted molar refractivity (Wildman–Crippen MR) is 117 cm³/mol. The van der Waals surface area contributed by atoms with E-state index in [0.717, 1.165) is 12.8 Å². The van der Waals surface area contributed by atoms with E-state index in [2.05, 4.69) is 17.2 Å². The summed E-state index contributed by atoms with van der Waals surface area (Å²) in [5.41, 5.74) is -0.229. The maximum atomic E-state index is 13.0. The number of carbonyl (C=O) groups excluding carboxylic acids is 2. The van der Waals surface area contributed by atoms with Crippen molar-refractivity contribution in [2.45, 2.75) is 60.0 Å². The number of hydrogen-bond acceptors (Lipinski definition) is 5. The van der Waals surface area contributed by atoms with Crippen molar-refractivity contribution in [1.29, 1.82) is 0 Å². The molecule has 0 unspecified atom stereocenters.